The quantitative estimate of drug-likeness (QED) is 0.240. The molecule has 0 aromatic rings. The minimum Gasteiger partial charge on any atom is -0.481 e. The zero-order chi connectivity index (χ0) is 13.2. The Balaban J connectivity index is -0.000000166. The predicted octanol–water partition coefficient (Wildman–Crippen LogP) is -2.04. The third kappa shape index (κ3) is 49.5. The minimum absolute atomic E-state index is 0.0278. The van der Waals surface area contributed by atoms with Crippen LogP contribution in [0.3, 0.4) is 0 Å². The third-order valence-electron chi connectivity index (χ3n) is 0.707. The van der Waals surface area contributed by atoms with Gasteiger partial charge < -0.3 is 30.3 Å². The highest BCUT2D eigenvalue weighted by Crippen LogP contribution is 1.68. The number of carbonyl (C=O) groups is 1. The second-order valence-corrected chi connectivity index (χ2v) is 2.37. The summed E-state index contributed by atoms with van der Waals surface area (Å²) in [5.41, 5.74) is 0. The van der Waals surface area contributed by atoms with E-state index in [1.807, 2.05) is 0 Å². The molecule has 0 amide bonds. The number of hydrogen-bond acceptors (Lipinski definition) is 7. The van der Waals surface area contributed by atoms with E-state index in [4.69, 9.17) is 25.5 Å². The Morgan fingerprint density at radius 2 is 1.25 bits per heavy atom. The van der Waals surface area contributed by atoms with Crippen LogP contribution < -0.4 is 0 Å². The molecular weight excluding hydrogens is 240 g/mol. The molecule has 0 aliphatic carbocycles. The molecule has 7 nitrogen and oxygen atoms in total. The Morgan fingerprint density at radius 1 is 0.938 bits per heavy atom. The first-order chi connectivity index (χ1) is 7.60. The molecule has 0 saturated heterocycles. The fraction of sp³-hybridized carbons (Fsp3) is 0.875. The lowest BCUT2D eigenvalue weighted by Crippen LogP contribution is -2.03. The molecule has 0 bridgehead atoms. The summed E-state index contributed by atoms with van der Waals surface area (Å²) in [4.78, 5) is 9.29. The van der Waals surface area contributed by atoms with Crippen LogP contribution in [0.4, 0.5) is 0 Å². The van der Waals surface area contributed by atoms with Crippen molar-refractivity contribution in [1.29, 1.82) is 0 Å². The monoisotopic (exact) mass is 260 g/mol. The average Bonchev–Trinajstić information content (AvgIpc) is 2.31. The number of aliphatic hydroxyl groups is 4. The topological polar surface area (TPSA) is 127 Å². The van der Waals surface area contributed by atoms with Crippen molar-refractivity contribution in [2.24, 2.45) is 0 Å². The summed E-state index contributed by atoms with van der Waals surface area (Å²) in [6.45, 7) is 0.446. The van der Waals surface area contributed by atoms with Crippen molar-refractivity contribution in [3.63, 3.8) is 0 Å². The van der Waals surface area contributed by atoms with Gasteiger partial charge in [-0.15, -0.1) is 0 Å². The summed E-state index contributed by atoms with van der Waals surface area (Å²) < 4.78 is 4.63. The van der Waals surface area contributed by atoms with Crippen LogP contribution in [0, 0.1) is 0 Å². The van der Waals surface area contributed by atoms with Gasteiger partial charge >= 0.3 is 5.97 Å². The summed E-state index contributed by atoms with van der Waals surface area (Å²) in [6.07, 6.45) is 0. The van der Waals surface area contributed by atoms with Crippen LogP contribution in [0.2, 0.25) is 0 Å². The molecule has 0 spiro atoms. The van der Waals surface area contributed by atoms with E-state index >= 15 is 0 Å². The average molecular weight is 260 g/mol. The van der Waals surface area contributed by atoms with Crippen LogP contribution in [-0.4, -0.2) is 76.9 Å². The summed E-state index contributed by atoms with van der Waals surface area (Å²) >= 11 is 3.42. The van der Waals surface area contributed by atoms with Gasteiger partial charge in [0.15, 0.2) is 0 Å². The van der Waals surface area contributed by atoms with E-state index in [0.29, 0.717) is 13.2 Å². The zero-order valence-corrected chi connectivity index (χ0v) is 9.84. The van der Waals surface area contributed by atoms with Gasteiger partial charge in [0.1, 0.15) is 0 Å². The standard InChI is InChI=1S/C4H10O3.C2H4O2S.C2H6O2/c5-1-3-7-4-2-6;3-2(4)1-5;3-1-2-4/h5-6H,1-4H2;5H,1H2,(H,3,4);3-4H,1-2H2. The Kier molecular flexibility index (Phi) is 31.5. The zero-order valence-electron chi connectivity index (χ0n) is 8.95. The van der Waals surface area contributed by atoms with Crippen LogP contribution in [-0.2, 0) is 9.53 Å². The van der Waals surface area contributed by atoms with Gasteiger partial charge in [-0.05, 0) is 0 Å². The second-order valence-electron chi connectivity index (χ2n) is 2.06. The molecule has 0 saturated carbocycles. The van der Waals surface area contributed by atoms with Crippen molar-refractivity contribution >= 4 is 18.6 Å². The Morgan fingerprint density at radius 3 is 1.38 bits per heavy atom. The van der Waals surface area contributed by atoms with E-state index in [2.05, 4.69) is 17.4 Å². The molecule has 0 heterocycles. The molecule has 0 atom stereocenters. The lowest BCUT2D eigenvalue weighted by molar-refractivity contribution is -0.133. The Hall–Kier alpha value is -0.380. The first-order valence-corrected chi connectivity index (χ1v) is 5.07. The molecule has 0 aromatic carbocycles. The highest BCUT2D eigenvalue weighted by Gasteiger charge is 1.81. The van der Waals surface area contributed by atoms with Gasteiger partial charge in [0.25, 0.3) is 0 Å². The predicted molar refractivity (Wildman–Crippen MR) is 60.7 cm³/mol. The maximum Gasteiger partial charge on any atom is 0.313 e. The summed E-state index contributed by atoms with van der Waals surface area (Å²) in [7, 11) is 0. The van der Waals surface area contributed by atoms with Crippen LogP contribution in [0.25, 0.3) is 0 Å². The van der Waals surface area contributed by atoms with Gasteiger partial charge in [0.05, 0.1) is 45.4 Å². The number of hydrogen-bond donors (Lipinski definition) is 6. The first kappa shape index (κ1) is 21.0. The number of rotatable bonds is 6. The number of ether oxygens (including phenoxy) is 1. The fourth-order valence-corrected chi connectivity index (χ4v) is 0.231. The Bertz CT molecular complexity index is 117. The van der Waals surface area contributed by atoms with E-state index in [1.165, 1.54) is 0 Å². The molecule has 8 heteroatoms. The van der Waals surface area contributed by atoms with Gasteiger partial charge in [-0.25, -0.2) is 0 Å². The number of thiol groups is 1. The van der Waals surface area contributed by atoms with Crippen molar-refractivity contribution in [1.82, 2.24) is 0 Å². The fourth-order valence-electron chi connectivity index (χ4n) is 0.231. The molecule has 0 aromatic heterocycles. The van der Waals surface area contributed by atoms with Crippen molar-refractivity contribution in [3.05, 3.63) is 0 Å². The molecule has 0 fully saturated rings. The van der Waals surface area contributed by atoms with E-state index < -0.39 is 5.97 Å². The normalized spacial score (nSPS) is 8.31. The van der Waals surface area contributed by atoms with E-state index in [-0.39, 0.29) is 32.2 Å². The lowest BCUT2D eigenvalue weighted by atomic mass is 10.7. The summed E-state index contributed by atoms with van der Waals surface area (Å²) in [6, 6.07) is 0. The van der Waals surface area contributed by atoms with Crippen molar-refractivity contribution in [2.75, 3.05) is 45.4 Å². The SMILES string of the molecule is O=C(O)CS.OCCO.OCCOCCO. The lowest BCUT2D eigenvalue weighted by Gasteiger charge is -1.94. The number of aliphatic carboxylic acids is 1. The smallest absolute Gasteiger partial charge is 0.313 e. The van der Waals surface area contributed by atoms with Gasteiger partial charge in [-0.3, -0.25) is 4.79 Å². The molecule has 0 rings (SSSR count). The molecular formula is C8H20O7S. The molecule has 5 N–H and O–H groups in total. The third-order valence-corrected chi connectivity index (χ3v) is 0.977. The van der Waals surface area contributed by atoms with E-state index in [0.717, 1.165) is 0 Å². The molecule has 0 unspecified atom stereocenters. The van der Waals surface area contributed by atoms with Gasteiger partial charge in [0.2, 0.25) is 0 Å². The van der Waals surface area contributed by atoms with Crippen LogP contribution in [0.15, 0.2) is 0 Å². The molecule has 0 radical (unpaired) electrons. The van der Waals surface area contributed by atoms with Gasteiger partial charge in [0, 0.05) is 0 Å². The maximum absolute atomic E-state index is 9.29. The second kappa shape index (κ2) is 24.0. The van der Waals surface area contributed by atoms with Gasteiger partial charge in [-0.2, -0.15) is 12.6 Å². The molecule has 100 valence electrons. The van der Waals surface area contributed by atoms with Crippen molar-refractivity contribution in [2.45, 2.75) is 0 Å². The van der Waals surface area contributed by atoms with Crippen LogP contribution >= 0.6 is 12.6 Å². The molecule has 0 aliphatic rings. The molecule has 16 heavy (non-hydrogen) atoms. The number of carboxylic acid groups (broad SMARTS) is 1. The number of aliphatic hydroxyl groups excluding tert-OH is 4. The highest BCUT2D eigenvalue weighted by atomic mass is 32.1. The minimum atomic E-state index is -0.881. The maximum atomic E-state index is 9.29. The van der Waals surface area contributed by atoms with Crippen LogP contribution in [0.5, 0.6) is 0 Å². The van der Waals surface area contributed by atoms with Crippen LogP contribution in [0.1, 0.15) is 0 Å². The van der Waals surface area contributed by atoms with Crippen molar-refractivity contribution in [3.8, 4) is 0 Å². The van der Waals surface area contributed by atoms with E-state index in [9.17, 15) is 4.79 Å². The van der Waals surface area contributed by atoms with Crippen molar-refractivity contribution < 1.29 is 35.1 Å². The summed E-state index contributed by atoms with van der Waals surface area (Å²) in [5.74, 6) is -0.965. The highest BCUT2D eigenvalue weighted by molar-refractivity contribution is 7.81. The summed E-state index contributed by atoms with van der Waals surface area (Å²) in [5, 5.41) is 39.1. The van der Waals surface area contributed by atoms with E-state index in [1.54, 1.807) is 0 Å². The number of carboxylic acids is 1. The Labute approximate surface area is 99.7 Å². The largest absolute Gasteiger partial charge is 0.481 e. The molecule has 0 aliphatic heterocycles. The van der Waals surface area contributed by atoms with Gasteiger partial charge in [-0.1, -0.05) is 0 Å². The first-order valence-electron chi connectivity index (χ1n) is 4.44.